The monoisotopic (exact) mass is 295 g/mol. The molecule has 21 heavy (non-hydrogen) atoms. The first-order valence-corrected chi connectivity index (χ1v) is 8.04. The molecular formula is C17H17N3S. The van der Waals surface area contributed by atoms with E-state index in [1.807, 2.05) is 16.9 Å². The van der Waals surface area contributed by atoms with Gasteiger partial charge in [-0.15, -0.1) is 11.8 Å². The molecule has 3 rings (SSSR count). The number of rotatable bonds is 5. The van der Waals surface area contributed by atoms with E-state index in [4.69, 9.17) is 0 Å². The Labute approximate surface area is 129 Å². The van der Waals surface area contributed by atoms with Crippen molar-refractivity contribution >= 4 is 17.4 Å². The average Bonchev–Trinajstić information content (AvgIpc) is 3.08. The lowest BCUT2D eigenvalue weighted by atomic mass is 10.2. The molecule has 0 fully saturated rings. The highest BCUT2D eigenvalue weighted by Gasteiger charge is 1.98. The quantitative estimate of drug-likeness (QED) is 0.715. The Morgan fingerprint density at radius 1 is 1.10 bits per heavy atom. The molecule has 1 N–H and O–H groups in total. The van der Waals surface area contributed by atoms with Crippen molar-refractivity contribution < 1.29 is 0 Å². The summed E-state index contributed by atoms with van der Waals surface area (Å²) in [5.74, 6) is 0. The van der Waals surface area contributed by atoms with Crippen LogP contribution in [0.2, 0.25) is 0 Å². The molecule has 1 aromatic heterocycles. The van der Waals surface area contributed by atoms with Crippen molar-refractivity contribution in [1.29, 1.82) is 0 Å². The maximum atomic E-state index is 4.23. The Hall–Kier alpha value is -2.20. The summed E-state index contributed by atoms with van der Waals surface area (Å²) < 4.78 is 1.86. The van der Waals surface area contributed by atoms with Gasteiger partial charge in [0, 0.05) is 29.5 Å². The van der Waals surface area contributed by atoms with Gasteiger partial charge in [-0.3, -0.25) is 0 Å². The van der Waals surface area contributed by atoms with Crippen LogP contribution in [0.4, 0.5) is 5.69 Å². The average molecular weight is 295 g/mol. The van der Waals surface area contributed by atoms with E-state index in [0.717, 1.165) is 17.9 Å². The Kier molecular flexibility index (Phi) is 4.26. The fraction of sp³-hybridized carbons (Fsp3) is 0.118. The predicted octanol–water partition coefficient (Wildman–Crippen LogP) is 4.21. The smallest absolute Gasteiger partial charge is 0.0645 e. The first-order chi connectivity index (χ1) is 10.3. The van der Waals surface area contributed by atoms with E-state index in [2.05, 4.69) is 65.2 Å². The van der Waals surface area contributed by atoms with Gasteiger partial charge in [-0.2, -0.15) is 5.10 Å². The van der Waals surface area contributed by atoms with Crippen LogP contribution in [-0.4, -0.2) is 16.0 Å². The molecule has 0 saturated carbocycles. The molecule has 0 unspecified atom stereocenters. The van der Waals surface area contributed by atoms with Crippen molar-refractivity contribution in [3.8, 4) is 5.69 Å². The molecule has 3 nitrogen and oxygen atoms in total. The van der Waals surface area contributed by atoms with Crippen LogP contribution in [0.1, 0.15) is 5.56 Å². The van der Waals surface area contributed by atoms with E-state index < -0.39 is 0 Å². The molecule has 2 aromatic carbocycles. The van der Waals surface area contributed by atoms with Crippen LogP contribution in [0, 0.1) is 0 Å². The minimum Gasteiger partial charge on any atom is -0.381 e. The van der Waals surface area contributed by atoms with Crippen LogP contribution < -0.4 is 5.32 Å². The largest absolute Gasteiger partial charge is 0.381 e. The molecule has 0 spiro atoms. The van der Waals surface area contributed by atoms with E-state index in [0.29, 0.717) is 0 Å². The van der Waals surface area contributed by atoms with Crippen molar-refractivity contribution in [2.75, 3.05) is 11.6 Å². The summed E-state index contributed by atoms with van der Waals surface area (Å²) in [5.41, 5.74) is 3.48. The van der Waals surface area contributed by atoms with Gasteiger partial charge < -0.3 is 5.32 Å². The molecule has 0 atom stereocenters. The Bertz CT molecular complexity index is 690. The summed E-state index contributed by atoms with van der Waals surface area (Å²) in [6, 6.07) is 18.8. The van der Waals surface area contributed by atoms with Crippen molar-refractivity contribution in [2.45, 2.75) is 11.4 Å². The van der Waals surface area contributed by atoms with Gasteiger partial charge in [0.05, 0.1) is 5.69 Å². The zero-order valence-electron chi connectivity index (χ0n) is 11.9. The van der Waals surface area contributed by atoms with Crippen LogP contribution in [0.15, 0.2) is 71.9 Å². The maximum Gasteiger partial charge on any atom is 0.0645 e. The second-order valence-electron chi connectivity index (χ2n) is 4.70. The lowest BCUT2D eigenvalue weighted by Crippen LogP contribution is -2.00. The van der Waals surface area contributed by atoms with Crippen molar-refractivity contribution in [3.63, 3.8) is 0 Å². The molecule has 0 bridgehead atoms. The van der Waals surface area contributed by atoms with Crippen molar-refractivity contribution in [1.82, 2.24) is 9.78 Å². The number of hydrogen-bond acceptors (Lipinski definition) is 3. The first-order valence-electron chi connectivity index (χ1n) is 6.82. The van der Waals surface area contributed by atoms with Gasteiger partial charge in [0.15, 0.2) is 0 Å². The summed E-state index contributed by atoms with van der Waals surface area (Å²) in [4.78, 5) is 1.27. The van der Waals surface area contributed by atoms with Gasteiger partial charge >= 0.3 is 0 Å². The number of anilines is 1. The Morgan fingerprint density at radius 3 is 2.67 bits per heavy atom. The molecule has 4 heteroatoms. The van der Waals surface area contributed by atoms with Gasteiger partial charge in [-0.05, 0) is 48.2 Å². The summed E-state index contributed by atoms with van der Waals surface area (Å²) in [6.45, 7) is 0.817. The third kappa shape index (κ3) is 3.47. The van der Waals surface area contributed by atoms with Gasteiger partial charge in [-0.1, -0.05) is 18.2 Å². The first kappa shape index (κ1) is 13.8. The predicted molar refractivity (Wildman–Crippen MR) is 89.1 cm³/mol. The SMILES string of the molecule is CSc1cccc(NCc2ccc(-n3cccn3)cc2)c1. The van der Waals surface area contributed by atoms with Crippen LogP contribution in [0.25, 0.3) is 5.69 Å². The molecule has 1 heterocycles. The third-order valence-corrected chi connectivity index (χ3v) is 4.00. The summed E-state index contributed by atoms with van der Waals surface area (Å²) in [5, 5.41) is 7.68. The third-order valence-electron chi connectivity index (χ3n) is 3.27. The van der Waals surface area contributed by atoms with E-state index in [1.165, 1.54) is 10.5 Å². The maximum absolute atomic E-state index is 4.23. The lowest BCUT2D eigenvalue weighted by Gasteiger charge is -2.08. The topological polar surface area (TPSA) is 29.9 Å². The van der Waals surface area contributed by atoms with Gasteiger partial charge in [-0.25, -0.2) is 4.68 Å². The molecule has 0 aliphatic heterocycles. The van der Waals surface area contributed by atoms with E-state index in [1.54, 1.807) is 18.0 Å². The fourth-order valence-corrected chi connectivity index (χ4v) is 2.58. The Balaban J connectivity index is 1.65. The zero-order valence-corrected chi connectivity index (χ0v) is 12.7. The molecule has 0 radical (unpaired) electrons. The highest BCUT2D eigenvalue weighted by Crippen LogP contribution is 2.19. The standard InChI is InChI=1S/C17H17N3S/c1-21-17-5-2-4-15(12-17)18-13-14-6-8-16(9-7-14)20-11-3-10-19-20/h2-12,18H,13H2,1H3. The van der Waals surface area contributed by atoms with Gasteiger partial charge in [0.1, 0.15) is 0 Å². The molecule has 106 valence electrons. The minimum absolute atomic E-state index is 0.817. The van der Waals surface area contributed by atoms with E-state index >= 15 is 0 Å². The second kappa shape index (κ2) is 6.50. The normalized spacial score (nSPS) is 10.5. The summed E-state index contributed by atoms with van der Waals surface area (Å²) >= 11 is 1.76. The molecule has 3 aromatic rings. The highest BCUT2D eigenvalue weighted by atomic mass is 32.2. The van der Waals surface area contributed by atoms with Gasteiger partial charge in [0.25, 0.3) is 0 Å². The number of thioether (sulfide) groups is 1. The van der Waals surface area contributed by atoms with Crippen molar-refractivity contribution in [3.05, 3.63) is 72.6 Å². The van der Waals surface area contributed by atoms with E-state index in [9.17, 15) is 0 Å². The number of nitrogens with one attached hydrogen (secondary N) is 1. The fourth-order valence-electron chi connectivity index (χ4n) is 2.13. The molecule has 0 aliphatic carbocycles. The number of benzene rings is 2. The second-order valence-corrected chi connectivity index (χ2v) is 5.58. The number of aromatic nitrogens is 2. The van der Waals surface area contributed by atoms with Crippen molar-refractivity contribution in [2.24, 2.45) is 0 Å². The zero-order chi connectivity index (χ0) is 14.5. The molecule has 0 saturated heterocycles. The van der Waals surface area contributed by atoms with Crippen LogP contribution >= 0.6 is 11.8 Å². The van der Waals surface area contributed by atoms with Gasteiger partial charge in [0.2, 0.25) is 0 Å². The molecule has 0 aliphatic rings. The lowest BCUT2D eigenvalue weighted by molar-refractivity contribution is 0.879. The minimum atomic E-state index is 0.817. The summed E-state index contributed by atoms with van der Waals surface area (Å²) in [7, 11) is 0. The number of nitrogens with zero attached hydrogens (tertiary/aromatic N) is 2. The highest BCUT2D eigenvalue weighted by molar-refractivity contribution is 7.98. The van der Waals surface area contributed by atoms with Crippen LogP contribution in [0.3, 0.4) is 0 Å². The number of hydrogen-bond donors (Lipinski definition) is 1. The molecular weight excluding hydrogens is 278 g/mol. The molecule has 0 amide bonds. The van der Waals surface area contributed by atoms with E-state index in [-0.39, 0.29) is 0 Å². The van der Waals surface area contributed by atoms with Crippen LogP contribution in [-0.2, 0) is 6.54 Å². The Morgan fingerprint density at radius 2 is 1.95 bits per heavy atom. The summed E-state index contributed by atoms with van der Waals surface area (Å²) in [6.07, 6.45) is 5.82. The van der Waals surface area contributed by atoms with Crippen LogP contribution in [0.5, 0.6) is 0 Å².